The molecule has 0 spiro atoms. The molecule has 0 N–H and O–H groups in total. The minimum atomic E-state index is 0.549. The quantitative estimate of drug-likeness (QED) is 0.695. The van der Waals surface area contributed by atoms with Gasteiger partial charge >= 0.3 is 0 Å². The maximum Gasteiger partial charge on any atom is 0.241 e. The minimum absolute atomic E-state index is 0.549. The van der Waals surface area contributed by atoms with Crippen LogP contribution < -0.4 is 4.74 Å². The summed E-state index contributed by atoms with van der Waals surface area (Å²) in [4.78, 5) is 6.55. The molecule has 0 saturated carbocycles. The molecule has 0 amide bonds. The summed E-state index contributed by atoms with van der Waals surface area (Å²) in [5, 5.41) is 4.03. The van der Waals surface area contributed by atoms with E-state index >= 15 is 0 Å². The lowest BCUT2D eigenvalue weighted by atomic mass is 10.2. The van der Waals surface area contributed by atoms with Gasteiger partial charge in [-0.1, -0.05) is 17.3 Å². The first-order valence-corrected chi connectivity index (χ1v) is 6.88. The van der Waals surface area contributed by atoms with Gasteiger partial charge in [0, 0.05) is 20.3 Å². The number of methoxy groups -OCH3 is 2. The van der Waals surface area contributed by atoms with Gasteiger partial charge in [-0.3, -0.25) is 4.90 Å². The zero-order valence-corrected chi connectivity index (χ0v) is 12.7. The van der Waals surface area contributed by atoms with Gasteiger partial charge in [0.05, 0.1) is 19.2 Å². The molecule has 1 heterocycles. The fourth-order valence-electron chi connectivity index (χ4n) is 2.05. The fraction of sp³-hybridized carbons (Fsp3) is 0.467. The summed E-state index contributed by atoms with van der Waals surface area (Å²) in [5.41, 5.74) is 0.831. The molecular formula is C15H21N3O3. The van der Waals surface area contributed by atoms with Crippen LogP contribution in [0.1, 0.15) is 12.3 Å². The van der Waals surface area contributed by atoms with E-state index in [9.17, 15) is 0 Å². The summed E-state index contributed by atoms with van der Waals surface area (Å²) >= 11 is 0. The maximum absolute atomic E-state index is 5.31. The minimum Gasteiger partial charge on any atom is -0.496 e. The van der Waals surface area contributed by atoms with Crippen LogP contribution in [-0.2, 0) is 11.3 Å². The lowest BCUT2D eigenvalue weighted by molar-refractivity contribution is 0.173. The largest absolute Gasteiger partial charge is 0.496 e. The molecular weight excluding hydrogens is 270 g/mol. The number of nitrogens with zero attached hydrogens (tertiary/aromatic N) is 3. The van der Waals surface area contributed by atoms with Crippen LogP contribution in [0.3, 0.4) is 0 Å². The van der Waals surface area contributed by atoms with E-state index in [1.54, 1.807) is 14.2 Å². The molecule has 6 nitrogen and oxygen atoms in total. The van der Waals surface area contributed by atoms with Crippen molar-refractivity contribution in [2.75, 3.05) is 34.4 Å². The average Bonchev–Trinajstić information content (AvgIpc) is 2.95. The molecule has 2 rings (SSSR count). The summed E-state index contributed by atoms with van der Waals surface area (Å²) in [6.45, 7) is 2.28. The number of benzene rings is 1. The van der Waals surface area contributed by atoms with E-state index in [2.05, 4.69) is 15.0 Å². The number of hydrogen-bond acceptors (Lipinski definition) is 6. The van der Waals surface area contributed by atoms with Gasteiger partial charge in [-0.25, -0.2) is 0 Å². The standard InChI is InChI=1S/C15H21N3O3/c1-18(9-6-10-19-2)11-14-16-15(17-21-14)12-7-4-5-8-13(12)20-3/h4-5,7-8H,6,9-11H2,1-3H3. The van der Waals surface area contributed by atoms with E-state index in [4.69, 9.17) is 14.0 Å². The van der Waals surface area contributed by atoms with Crippen molar-refractivity contribution in [3.05, 3.63) is 30.2 Å². The molecule has 0 aliphatic carbocycles. The molecule has 1 aromatic carbocycles. The zero-order chi connectivity index (χ0) is 15.1. The number of aromatic nitrogens is 2. The highest BCUT2D eigenvalue weighted by molar-refractivity contribution is 5.63. The molecule has 0 atom stereocenters. The van der Waals surface area contributed by atoms with Crippen molar-refractivity contribution in [1.82, 2.24) is 15.0 Å². The van der Waals surface area contributed by atoms with Crippen LogP contribution in [-0.4, -0.2) is 49.5 Å². The molecule has 0 radical (unpaired) electrons. The second-order valence-electron chi connectivity index (χ2n) is 4.80. The second-order valence-corrected chi connectivity index (χ2v) is 4.80. The fourth-order valence-corrected chi connectivity index (χ4v) is 2.05. The molecule has 0 saturated heterocycles. The third-order valence-electron chi connectivity index (χ3n) is 3.11. The van der Waals surface area contributed by atoms with Crippen LogP contribution in [0.15, 0.2) is 28.8 Å². The first-order chi connectivity index (χ1) is 10.2. The first-order valence-electron chi connectivity index (χ1n) is 6.88. The average molecular weight is 291 g/mol. The van der Waals surface area contributed by atoms with Crippen molar-refractivity contribution >= 4 is 0 Å². The van der Waals surface area contributed by atoms with Gasteiger partial charge in [0.1, 0.15) is 5.75 Å². The van der Waals surface area contributed by atoms with E-state index in [1.807, 2.05) is 31.3 Å². The lowest BCUT2D eigenvalue weighted by Crippen LogP contribution is -2.20. The molecule has 0 bridgehead atoms. The van der Waals surface area contributed by atoms with Gasteiger partial charge in [0.2, 0.25) is 11.7 Å². The Bertz CT molecular complexity index is 557. The van der Waals surface area contributed by atoms with Gasteiger partial charge in [-0.15, -0.1) is 0 Å². The molecule has 6 heteroatoms. The van der Waals surface area contributed by atoms with Crippen molar-refractivity contribution < 1.29 is 14.0 Å². The Balaban J connectivity index is 2.01. The predicted octanol–water partition coefficient (Wildman–Crippen LogP) is 2.21. The number of ether oxygens (including phenoxy) is 2. The van der Waals surface area contributed by atoms with E-state index in [1.165, 1.54) is 0 Å². The zero-order valence-electron chi connectivity index (χ0n) is 12.7. The number of hydrogen-bond donors (Lipinski definition) is 0. The molecule has 1 aromatic heterocycles. The van der Waals surface area contributed by atoms with Crippen LogP contribution >= 0.6 is 0 Å². The molecule has 21 heavy (non-hydrogen) atoms. The lowest BCUT2D eigenvalue weighted by Gasteiger charge is -2.13. The summed E-state index contributed by atoms with van der Waals surface area (Å²) in [7, 11) is 5.35. The highest BCUT2D eigenvalue weighted by atomic mass is 16.5. The highest BCUT2D eigenvalue weighted by Gasteiger charge is 2.13. The summed E-state index contributed by atoms with van der Waals surface area (Å²) in [6.07, 6.45) is 0.973. The monoisotopic (exact) mass is 291 g/mol. The Kier molecular flexibility index (Phi) is 5.71. The van der Waals surface area contributed by atoms with Gasteiger partial charge < -0.3 is 14.0 Å². The molecule has 2 aromatic rings. The number of para-hydroxylation sites is 1. The molecule has 114 valence electrons. The molecule has 0 fully saturated rings. The Morgan fingerprint density at radius 3 is 2.81 bits per heavy atom. The Morgan fingerprint density at radius 2 is 2.05 bits per heavy atom. The van der Waals surface area contributed by atoms with E-state index in [0.29, 0.717) is 18.3 Å². The van der Waals surface area contributed by atoms with Crippen LogP contribution in [0.5, 0.6) is 5.75 Å². The van der Waals surface area contributed by atoms with Crippen LogP contribution in [0.2, 0.25) is 0 Å². The van der Waals surface area contributed by atoms with Crippen molar-refractivity contribution in [3.8, 4) is 17.1 Å². The van der Waals surface area contributed by atoms with Crippen LogP contribution in [0.25, 0.3) is 11.4 Å². The topological polar surface area (TPSA) is 60.6 Å². The van der Waals surface area contributed by atoms with Crippen LogP contribution in [0, 0.1) is 0 Å². The van der Waals surface area contributed by atoms with E-state index in [0.717, 1.165) is 30.9 Å². The normalized spacial score (nSPS) is 11.0. The molecule has 0 aliphatic rings. The Labute approximate surface area is 124 Å². The molecule has 0 unspecified atom stereocenters. The Morgan fingerprint density at radius 1 is 1.24 bits per heavy atom. The van der Waals surface area contributed by atoms with E-state index in [-0.39, 0.29) is 0 Å². The van der Waals surface area contributed by atoms with Gasteiger partial charge in [0.25, 0.3) is 0 Å². The van der Waals surface area contributed by atoms with Gasteiger partial charge in [-0.2, -0.15) is 4.98 Å². The number of rotatable bonds is 8. The summed E-state index contributed by atoms with van der Waals surface area (Å²) in [5.74, 6) is 1.88. The summed E-state index contributed by atoms with van der Waals surface area (Å²) in [6, 6.07) is 7.62. The van der Waals surface area contributed by atoms with Gasteiger partial charge in [0.15, 0.2) is 0 Å². The van der Waals surface area contributed by atoms with Crippen molar-refractivity contribution in [1.29, 1.82) is 0 Å². The third-order valence-corrected chi connectivity index (χ3v) is 3.11. The van der Waals surface area contributed by atoms with Crippen molar-refractivity contribution in [3.63, 3.8) is 0 Å². The van der Waals surface area contributed by atoms with Crippen molar-refractivity contribution in [2.45, 2.75) is 13.0 Å². The predicted molar refractivity (Wildman–Crippen MR) is 79.1 cm³/mol. The smallest absolute Gasteiger partial charge is 0.241 e. The summed E-state index contributed by atoms with van der Waals surface area (Å²) < 4.78 is 15.7. The highest BCUT2D eigenvalue weighted by Crippen LogP contribution is 2.27. The first kappa shape index (κ1) is 15.5. The van der Waals surface area contributed by atoms with Crippen LogP contribution in [0.4, 0.5) is 0 Å². The Hall–Kier alpha value is -1.92. The second kappa shape index (κ2) is 7.75. The maximum atomic E-state index is 5.31. The van der Waals surface area contributed by atoms with Gasteiger partial charge in [-0.05, 0) is 25.6 Å². The third kappa shape index (κ3) is 4.27. The van der Waals surface area contributed by atoms with E-state index < -0.39 is 0 Å². The SMILES string of the molecule is COCCCN(C)Cc1nc(-c2ccccc2OC)no1. The van der Waals surface area contributed by atoms with Crippen molar-refractivity contribution in [2.24, 2.45) is 0 Å². The molecule has 0 aliphatic heterocycles.